The van der Waals surface area contributed by atoms with Crippen LogP contribution in [0.25, 0.3) is 5.78 Å². The highest BCUT2D eigenvalue weighted by Crippen LogP contribution is 2.18. The topological polar surface area (TPSA) is 62.0 Å². The molecule has 136 valence electrons. The van der Waals surface area contributed by atoms with E-state index in [0.717, 1.165) is 70.5 Å². The minimum absolute atomic E-state index is 0.537. The van der Waals surface area contributed by atoms with Crippen LogP contribution in [0.15, 0.2) is 12.4 Å². The van der Waals surface area contributed by atoms with Gasteiger partial charge in [0, 0.05) is 63.6 Å². The summed E-state index contributed by atoms with van der Waals surface area (Å²) in [6.45, 7) is 13.5. The Morgan fingerprint density at radius 2 is 2.00 bits per heavy atom. The van der Waals surface area contributed by atoms with Gasteiger partial charge in [-0.1, -0.05) is 0 Å². The molecule has 2 fully saturated rings. The van der Waals surface area contributed by atoms with Crippen molar-refractivity contribution in [3.63, 3.8) is 0 Å². The molecule has 8 heteroatoms. The molecule has 0 saturated carbocycles. The zero-order valence-corrected chi connectivity index (χ0v) is 15.1. The highest BCUT2D eigenvalue weighted by molar-refractivity contribution is 5.47. The zero-order chi connectivity index (χ0) is 17.2. The second kappa shape index (κ2) is 7.23. The molecule has 0 N–H and O–H groups in total. The van der Waals surface area contributed by atoms with Gasteiger partial charge in [0.2, 0.25) is 0 Å². The van der Waals surface area contributed by atoms with E-state index in [1.54, 1.807) is 6.33 Å². The summed E-state index contributed by atoms with van der Waals surface area (Å²) < 4.78 is 7.37. The summed E-state index contributed by atoms with van der Waals surface area (Å²) in [7, 11) is 0. The van der Waals surface area contributed by atoms with Crippen molar-refractivity contribution in [2.24, 2.45) is 0 Å². The molecule has 2 saturated heterocycles. The monoisotopic (exact) mass is 345 g/mol. The Morgan fingerprint density at radius 3 is 2.80 bits per heavy atom. The third kappa shape index (κ3) is 3.61. The molecule has 0 radical (unpaired) electrons. The van der Waals surface area contributed by atoms with Gasteiger partial charge in [-0.3, -0.25) is 9.80 Å². The number of rotatable bonds is 4. The molecule has 0 aliphatic carbocycles. The average molecular weight is 345 g/mol. The Kier molecular flexibility index (Phi) is 4.82. The van der Waals surface area contributed by atoms with E-state index in [0.29, 0.717) is 11.8 Å². The predicted molar refractivity (Wildman–Crippen MR) is 96.0 cm³/mol. The number of aromatic nitrogens is 4. The first-order chi connectivity index (χ1) is 12.2. The number of hydrogen-bond acceptors (Lipinski definition) is 7. The maximum Gasteiger partial charge on any atom is 0.254 e. The van der Waals surface area contributed by atoms with E-state index in [1.165, 1.54) is 0 Å². The molecule has 4 rings (SSSR count). The molecule has 8 nitrogen and oxygen atoms in total. The molecule has 4 heterocycles. The van der Waals surface area contributed by atoms with Crippen LogP contribution in [0, 0.1) is 6.92 Å². The van der Waals surface area contributed by atoms with E-state index in [4.69, 9.17) is 4.74 Å². The van der Waals surface area contributed by atoms with Crippen LogP contribution in [0.1, 0.15) is 12.6 Å². The Morgan fingerprint density at radius 1 is 1.16 bits per heavy atom. The Bertz CT molecular complexity index is 710. The van der Waals surface area contributed by atoms with Crippen molar-refractivity contribution >= 4 is 11.6 Å². The summed E-state index contributed by atoms with van der Waals surface area (Å²) >= 11 is 0. The smallest absolute Gasteiger partial charge is 0.254 e. The van der Waals surface area contributed by atoms with Crippen LogP contribution in [-0.4, -0.2) is 94.5 Å². The largest absolute Gasteiger partial charge is 0.379 e. The standard InChI is InChI=1S/C17H27N7O/c1-14-11-16(24-17(20-14)18-13-19-24)23-7-4-21(5-8-23)3-6-22-9-10-25-12-15(22)2/h11,13,15H,3-10,12H2,1-2H3. The number of fused-ring (bicyclic) bond motifs is 1. The van der Waals surface area contributed by atoms with Gasteiger partial charge in [0.15, 0.2) is 0 Å². The summed E-state index contributed by atoms with van der Waals surface area (Å²) in [5, 5.41) is 4.33. The van der Waals surface area contributed by atoms with Gasteiger partial charge >= 0.3 is 0 Å². The second-order valence-corrected chi connectivity index (χ2v) is 7.02. The van der Waals surface area contributed by atoms with Gasteiger partial charge in [-0.05, 0) is 13.8 Å². The SMILES string of the molecule is Cc1cc(N2CCN(CCN3CCOCC3C)CC2)n2ncnc2n1. The van der Waals surface area contributed by atoms with Crippen molar-refractivity contribution in [3.8, 4) is 0 Å². The van der Waals surface area contributed by atoms with Crippen LogP contribution < -0.4 is 4.90 Å². The maximum absolute atomic E-state index is 5.52. The first-order valence-electron chi connectivity index (χ1n) is 9.17. The molecule has 0 bridgehead atoms. The number of morpholine rings is 1. The fourth-order valence-electron chi connectivity index (χ4n) is 3.70. The summed E-state index contributed by atoms with van der Waals surface area (Å²) in [5.41, 5.74) is 0.985. The molecular formula is C17H27N7O. The van der Waals surface area contributed by atoms with Gasteiger partial charge in [-0.25, -0.2) is 4.98 Å². The van der Waals surface area contributed by atoms with Crippen LogP contribution in [-0.2, 0) is 4.74 Å². The van der Waals surface area contributed by atoms with Crippen molar-refractivity contribution in [1.29, 1.82) is 0 Å². The van der Waals surface area contributed by atoms with E-state index >= 15 is 0 Å². The number of hydrogen-bond donors (Lipinski definition) is 0. The first kappa shape index (κ1) is 16.7. The highest BCUT2D eigenvalue weighted by Gasteiger charge is 2.23. The van der Waals surface area contributed by atoms with Crippen molar-refractivity contribution in [2.45, 2.75) is 19.9 Å². The number of piperazine rings is 1. The summed E-state index contributed by atoms with van der Waals surface area (Å²) in [5.74, 6) is 1.78. The van der Waals surface area contributed by atoms with Crippen LogP contribution in [0.3, 0.4) is 0 Å². The van der Waals surface area contributed by atoms with Gasteiger partial charge in [0.1, 0.15) is 12.1 Å². The third-order valence-corrected chi connectivity index (χ3v) is 5.27. The van der Waals surface area contributed by atoms with Gasteiger partial charge in [-0.15, -0.1) is 0 Å². The van der Waals surface area contributed by atoms with Gasteiger partial charge in [0.25, 0.3) is 5.78 Å². The molecular weight excluding hydrogens is 318 g/mol. The molecule has 2 aromatic rings. The summed E-state index contributed by atoms with van der Waals surface area (Å²) in [6.07, 6.45) is 1.57. The lowest BCUT2D eigenvalue weighted by Crippen LogP contribution is -2.51. The van der Waals surface area contributed by atoms with E-state index in [9.17, 15) is 0 Å². The third-order valence-electron chi connectivity index (χ3n) is 5.27. The molecule has 0 spiro atoms. The van der Waals surface area contributed by atoms with E-state index < -0.39 is 0 Å². The van der Waals surface area contributed by atoms with Crippen LogP contribution in [0.4, 0.5) is 5.82 Å². The Hall–Kier alpha value is -1.77. The molecule has 2 aliphatic heterocycles. The normalized spacial score (nSPS) is 23.4. The van der Waals surface area contributed by atoms with Crippen molar-refractivity contribution in [3.05, 3.63) is 18.1 Å². The zero-order valence-electron chi connectivity index (χ0n) is 15.1. The van der Waals surface area contributed by atoms with Crippen LogP contribution in [0.2, 0.25) is 0 Å². The lowest BCUT2D eigenvalue weighted by Gasteiger charge is -2.38. The number of anilines is 1. The number of nitrogens with zero attached hydrogens (tertiary/aromatic N) is 7. The Labute approximate surface area is 148 Å². The Balaban J connectivity index is 1.34. The van der Waals surface area contributed by atoms with E-state index in [-0.39, 0.29) is 0 Å². The molecule has 2 aromatic heterocycles. The molecule has 0 amide bonds. The maximum atomic E-state index is 5.52. The minimum Gasteiger partial charge on any atom is -0.379 e. The van der Waals surface area contributed by atoms with Crippen LogP contribution >= 0.6 is 0 Å². The summed E-state index contributed by atoms with van der Waals surface area (Å²) in [6, 6.07) is 2.64. The summed E-state index contributed by atoms with van der Waals surface area (Å²) in [4.78, 5) is 16.2. The second-order valence-electron chi connectivity index (χ2n) is 7.02. The van der Waals surface area contributed by atoms with Crippen molar-refractivity contribution in [2.75, 3.05) is 63.9 Å². The minimum atomic E-state index is 0.537. The number of aryl methyl sites for hydroxylation is 1. The van der Waals surface area contributed by atoms with Crippen molar-refractivity contribution in [1.82, 2.24) is 29.4 Å². The van der Waals surface area contributed by atoms with Gasteiger partial charge in [-0.2, -0.15) is 14.6 Å². The fourth-order valence-corrected chi connectivity index (χ4v) is 3.70. The van der Waals surface area contributed by atoms with Gasteiger partial charge in [0.05, 0.1) is 13.2 Å². The molecule has 1 atom stereocenters. The van der Waals surface area contributed by atoms with Gasteiger partial charge < -0.3 is 9.64 Å². The highest BCUT2D eigenvalue weighted by atomic mass is 16.5. The lowest BCUT2D eigenvalue weighted by atomic mass is 10.2. The molecule has 2 aliphatic rings. The lowest BCUT2D eigenvalue weighted by molar-refractivity contribution is -0.00417. The molecule has 0 aromatic carbocycles. The van der Waals surface area contributed by atoms with E-state index in [1.807, 2.05) is 11.4 Å². The average Bonchev–Trinajstić information content (AvgIpc) is 3.09. The fraction of sp³-hybridized carbons (Fsp3) is 0.706. The predicted octanol–water partition coefficient (Wildman–Crippen LogP) is 0.275. The van der Waals surface area contributed by atoms with Crippen molar-refractivity contribution < 1.29 is 4.74 Å². The quantitative estimate of drug-likeness (QED) is 0.788. The molecule has 1 unspecified atom stereocenters. The van der Waals surface area contributed by atoms with E-state index in [2.05, 4.69) is 42.8 Å². The van der Waals surface area contributed by atoms with Crippen LogP contribution in [0.5, 0.6) is 0 Å². The molecule has 25 heavy (non-hydrogen) atoms. The number of ether oxygens (including phenoxy) is 1. The first-order valence-corrected chi connectivity index (χ1v) is 9.17.